The predicted octanol–water partition coefficient (Wildman–Crippen LogP) is -10.0. The van der Waals surface area contributed by atoms with Crippen LogP contribution in [-0.4, -0.2) is 391 Å². The lowest BCUT2D eigenvalue weighted by molar-refractivity contribution is -0.137. The minimum absolute atomic E-state index is 0.000982. The van der Waals surface area contributed by atoms with E-state index in [4.69, 9.17) is 50.6 Å². The average molecular weight is 1960 g/mol. The number of carboxylic acids is 1. The number of nitrogens with one attached hydrogen (secondary N) is 13. The molecule has 127 heavy (non-hydrogen) atoms. The Balaban J connectivity index is 7.56. The molecule has 58 heteroatoms. The topological polar surface area (TPSA) is 804 Å². The van der Waals surface area contributed by atoms with Gasteiger partial charge in [-0.05, 0) is 89.4 Å². The third-order valence-corrected chi connectivity index (χ3v) is 29.7. The number of hydrogen-bond acceptors (Lipinski definition) is 30. The van der Waals surface area contributed by atoms with Crippen molar-refractivity contribution in [3.05, 3.63) is 0 Å². The minimum Gasteiger partial charge on any atom is -0.481 e. The molecular formula is C69H142N26O25S7. The van der Waals surface area contributed by atoms with Gasteiger partial charge in [-0.15, -0.1) is 0 Å². The molecule has 0 aromatic carbocycles. The van der Waals surface area contributed by atoms with Crippen molar-refractivity contribution in [2.24, 2.45) is 52.2 Å². The highest BCUT2D eigenvalue weighted by Crippen LogP contribution is 2.19. The number of Topliss-reactive ketones (excluding diaryl/α,β-unsaturated/α-hetero) is 1. The Labute approximate surface area is 748 Å². The summed E-state index contributed by atoms with van der Waals surface area (Å²) in [4.78, 5) is 121. The minimum atomic E-state index is -4.63. The van der Waals surface area contributed by atoms with Crippen LogP contribution in [-0.2, 0) is 113 Å². The second-order valence-electron chi connectivity index (χ2n) is 32.3. The number of sulfonamides is 7. The van der Waals surface area contributed by atoms with Crippen LogP contribution in [0.2, 0.25) is 0 Å². The Morgan fingerprint density at radius 3 is 0.866 bits per heavy atom. The van der Waals surface area contributed by atoms with E-state index in [9.17, 15) is 112 Å². The SMILES string of the molecule is CC(=O)CN(C[C@H](CCCNC(=N)N)NC(=O)CN(C[C@H](CC(C)C)NC(=O)CN(C[C@@H](NC(=O)CN(C[C@H](CC(C)C)NC(=O)CN(C[C@H](CCCNC(=N)N)NC(=O)CN(C[C@H](CCCNC(=N)N)NC(=O)CN(C[C@H](CCC(=O)O)NC(C)=O)S(=O)(=O)CCN)S(C)(=O)=O)S(C)(=O)=O)S(=O)(=O)CCN)C(C)O)S(=O)(=O)CC(C)C)S(=O)(=O)CCN)S(C)(=O)=O. The number of nitrogens with zero attached hydrogens (tertiary/aromatic N) is 7. The monoisotopic (exact) mass is 1960 g/mol. The zero-order valence-electron chi connectivity index (χ0n) is 74.6. The lowest BCUT2D eigenvalue weighted by Gasteiger charge is -2.32. The second kappa shape index (κ2) is 57.6. The Morgan fingerprint density at radius 1 is 0.354 bits per heavy atom. The van der Waals surface area contributed by atoms with Gasteiger partial charge in [0, 0.05) is 135 Å². The summed E-state index contributed by atoms with van der Waals surface area (Å²) < 4.78 is 197. The summed E-state index contributed by atoms with van der Waals surface area (Å²) in [6.07, 6.45) is -0.249. The van der Waals surface area contributed by atoms with E-state index in [0.717, 1.165) is 35.6 Å². The van der Waals surface area contributed by atoms with Crippen molar-refractivity contribution in [3.63, 3.8) is 0 Å². The van der Waals surface area contributed by atoms with E-state index in [1.807, 2.05) is 0 Å². The number of carboxylic acid groups (broad SMARTS) is 1. The summed E-state index contributed by atoms with van der Waals surface area (Å²) in [6, 6.07) is -8.85. The molecule has 0 radical (unpaired) electrons. The van der Waals surface area contributed by atoms with Crippen LogP contribution in [0.5, 0.6) is 0 Å². The molecule has 51 nitrogen and oxygen atoms in total. The summed E-state index contributed by atoms with van der Waals surface area (Å²) in [7, 11) is -31.1. The van der Waals surface area contributed by atoms with Crippen molar-refractivity contribution < 1.29 is 112 Å². The van der Waals surface area contributed by atoms with Crippen LogP contribution in [0.3, 0.4) is 0 Å². The Bertz CT molecular complexity index is 4430. The molecular weight excluding hydrogens is 1820 g/mol. The molecule has 0 saturated carbocycles. The zero-order chi connectivity index (χ0) is 97.9. The van der Waals surface area contributed by atoms with Crippen LogP contribution in [0.1, 0.15) is 127 Å². The molecule has 0 heterocycles. The van der Waals surface area contributed by atoms with Crippen LogP contribution in [0.4, 0.5) is 0 Å². The maximum atomic E-state index is 14.4. The van der Waals surface area contributed by atoms with Crippen LogP contribution < -0.4 is 87.6 Å². The van der Waals surface area contributed by atoms with Crippen molar-refractivity contribution in [2.75, 3.05) is 173 Å². The lowest BCUT2D eigenvalue weighted by atomic mass is 10.0. The number of nitrogens with two attached hydrogens (primary N) is 6. The lowest BCUT2D eigenvalue weighted by Crippen LogP contribution is -2.57. The quantitative estimate of drug-likeness (QED) is 0.0153. The molecule has 0 saturated heterocycles. The number of aliphatic hydroxyl groups excluding tert-OH is 1. The highest BCUT2D eigenvalue weighted by atomic mass is 32.2. The fraction of sp³-hybridized carbons (Fsp3) is 0.826. The number of amides is 7. The van der Waals surface area contributed by atoms with Gasteiger partial charge in [0.15, 0.2) is 17.9 Å². The smallest absolute Gasteiger partial charge is 0.303 e. The van der Waals surface area contributed by atoms with Gasteiger partial charge in [0.2, 0.25) is 112 Å². The number of ketones is 1. The molecule has 8 atom stereocenters. The molecule has 0 fully saturated rings. The fourth-order valence-corrected chi connectivity index (χ4v) is 21.0. The largest absolute Gasteiger partial charge is 0.481 e. The van der Waals surface area contributed by atoms with Crippen molar-refractivity contribution in [1.29, 1.82) is 16.2 Å². The average Bonchev–Trinajstić information content (AvgIpc) is 0.828. The third kappa shape index (κ3) is 53.4. The van der Waals surface area contributed by atoms with Crippen LogP contribution in [0, 0.1) is 34.0 Å². The summed E-state index contributed by atoms with van der Waals surface area (Å²) in [5, 5.41) is 69.0. The van der Waals surface area contributed by atoms with E-state index in [1.165, 1.54) is 13.8 Å². The first kappa shape index (κ1) is 119. The molecule has 0 aromatic rings. The Kier molecular flexibility index (Phi) is 54.2. The summed E-state index contributed by atoms with van der Waals surface area (Å²) in [6.45, 7) is 0.545. The van der Waals surface area contributed by atoms with Gasteiger partial charge in [-0.3, -0.25) is 59.4 Å². The maximum Gasteiger partial charge on any atom is 0.303 e. The van der Waals surface area contributed by atoms with Gasteiger partial charge in [0.1, 0.15) is 5.78 Å². The van der Waals surface area contributed by atoms with E-state index in [-0.39, 0.29) is 95.2 Å². The van der Waals surface area contributed by atoms with Gasteiger partial charge in [0.25, 0.3) is 0 Å². The molecule has 27 N–H and O–H groups in total. The molecule has 7 amide bonds. The number of hydrogen-bond donors (Lipinski definition) is 21. The van der Waals surface area contributed by atoms with E-state index in [2.05, 4.69) is 53.2 Å². The summed E-state index contributed by atoms with van der Waals surface area (Å²) in [5.41, 5.74) is 33.4. The number of carbonyl (C=O) groups is 9. The van der Waals surface area contributed by atoms with Crippen molar-refractivity contribution in [3.8, 4) is 0 Å². The third-order valence-electron chi connectivity index (χ3n) is 18.4. The molecule has 0 aromatic heterocycles. The van der Waals surface area contributed by atoms with Crippen molar-refractivity contribution in [1.82, 2.24) is 83.3 Å². The molecule has 0 rings (SSSR count). The Morgan fingerprint density at radius 2 is 0.614 bits per heavy atom. The van der Waals surface area contributed by atoms with Crippen molar-refractivity contribution in [2.45, 2.75) is 175 Å². The normalized spacial score (nSPS) is 14.6. The van der Waals surface area contributed by atoms with Gasteiger partial charge in [-0.25, -0.2) is 58.9 Å². The molecule has 0 aliphatic carbocycles. The number of aliphatic hydroxyl groups is 1. The maximum absolute atomic E-state index is 14.4. The number of rotatable bonds is 70. The van der Waals surface area contributed by atoms with Crippen LogP contribution >= 0.6 is 0 Å². The van der Waals surface area contributed by atoms with E-state index in [1.54, 1.807) is 27.7 Å². The van der Waals surface area contributed by atoms with E-state index in [0.29, 0.717) is 34.0 Å². The van der Waals surface area contributed by atoms with Crippen LogP contribution in [0.25, 0.3) is 0 Å². The molecule has 0 aliphatic rings. The van der Waals surface area contributed by atoms with E-state index < -0.39 is 330 Å². The first-order valence-electron chi connectivity index (χ1n) is 40.9. The van der Waals surface area contributed by atoms with Gasteiger partial charge >= 0.3 is 5.97 Å². The number of carbonyl (C=O) groups excluding carboxylic acids is 8. The second-order valence-corrected chi connectivity index (χ2v) is 46.5. The highest BCUT2D eigenvalue weighted by molar-refractivity contribution is 7.90. The predicted molar refractivity (Wildman–Crippen MR) is 477 cm³/mol. The summed E-state index contributed by atoms with van der Waals surface area (Å²) >= 11 is 0. The first-order chi connectivity index (χ1) is 58.4. The molecule has 0 aliphatic heterocycles. The number of guanidine groups is 3. The summed E-state index contributed by atoms with van der Waals surface area (Å²) in [5.74, 6) is -14.3. The molecule has 0 bridgehead atoms. The number of aliphatic carboxylic acids is 1. The van der Waals surface area contributed by atoms with Gasteiger partial charge in [0.05, 0.1) is 99.7 Å². The van der Waals surface area contributed by atoms with Crippen LogP contribution in [0.15, 0.2) is 0 Å². The first-order valence-corrected chi connectivity index (χ1v) is 52.9. The van der Waals surface area contributed by atoms with Gasteiger partial charge in [-0.1, -0.05) is 41.5 Å². The zero-order valence-corrected chi connectivity index (χ0v) is 80.3. The Hall–Kier alpha value is -7.55. The fourth-order valence-electron chi connectivity index (χ4n) is 12.9. The van der Waals surface area contributed by atoms with Gasteiger partial charge in [-0.2, -0.15) is 30.1 Å². The standard InChI is InChI=1S/C69H142N26O25S7/c1-47(2)30-57(86-61(100)41-91(123(12,111)112)34-54(17-14-25-80-68(75)76)83-60(99)40-90(122(11,109)110)35-55(18-15-26-81-69(77)78)85-62(101)42-92(124(113,114)27-21-70)36-56(82-52(9)98)19-20-66(105)106)38-94(126(117,118)29-23-72)45-65(104)88-59(51(8)97)39-95(127(119,120)46-49(5)6)44-64(103)87-58(31-48(3)4)37-93(125(115,116)28-22-71)43-63(102)84-53(16-13-24-79-67(73)74)33-89(32-50(7)96)121(10,107)108/h47-49,51,53-59,97H,13-46,70-72H2,1-12H3,(H,82,98)(H,83,99)(H,84,102)(H,85,101)(H,86,100)(H,87,103)(H,88,104)(H,105,106)(H4,73,74,79)(H4,75,76,80)(H4,77,78,81)/t51?,53-,54-,55-,56-,57-,58-,59+/m0/s1. The highest BCUT2D eigenvalue weighted by Gasteiger charge is 2.38. The molecule has 0 spiro atoms. The molecule has 1 unspecified atom stereocenters. The molecule has 740 valence electrons. The van der Waals surface area contributed by atoms with Gasteiger partial charge < -0.3 is 97.8 Å². The van der Waals surface area contributed by atoms with Crippen molar-refractivity contribution >= 4 is 141 Å². The van der Waals surface area contributed by atoms with E-state index >= 15 is 0 Å².